The highest BCUT2D eigenvalue weighted by Gasteiger charge is 2.62. The van der Waals surface area contributed by atoms with Gasteiger partial charge in [-0.05, 0) is 87.0 Å². The lowest BCUT2D eigenvalue weighted by atomic mass is 9.51. The van der Waals surface area contributed by atoms with E-state index in [-0.39, 0.29) is 22.9 Å². The predicted molar refractivity (Wildman–Crippen MR) is 125 cm³/mol. The number of hydrogen-bond acceptors (Lipinski definition) is 3. The summed E-state index contributed by atoms with van der Waals surface area (Å²) in [7, 11) is 0. The van der Waals surface area contributed by atoms with Crippen molar-refractivity contribution in [2.24, 2.45) is 17.3 Å². The van der Waals surface area contributed by atoms with E-state index >= 15 is 0 Å². The van der Waals surface area contributed by atoms with Gasteiger partial charge in [0.15, 0.2) is 11.6 Å². The molecule has 32 heavy (non-hydrogen) atoms. The summed E-state index contributed by atoms with van der Waals surface area (Å²) < 4.78 is 0. The van der Waals surface area contributed by atoms with Gasteiger partial charge in [0.25, 0.3) is 0 Å². The summed E-state index contributed by atoms with van der Waals surface area (Å²) in [6.07, 6.45) is 7.88. The molecule has 1 aromatic rings. The van der Waals surface area contributed by atoms with E-state index in [4.69, 9.17) is 0 Å². The van der Waals surface area contributed by atoms with Gasteiger partial charge in [-0.2, -0.15) is 0 Å². The highest BCUT2D eigenvalue weighted by Crippen LogP contribution is 2.66. The van der Waals surface area contributed by atoms with E-state index in [9.17, 15) is 14.7 Å². The molecular formula is C29H32O3. The first-order valence-electron chi connectivity index (χ1n) is 12.0. The fraction of sp³-hybridized carbons (Fsp3) is 0.517. The van der Waals surface area contributed by atoms with Gasteiger partial charge in [-0.3, -0.25) is 9.59 Å². The van der Waals surface area contributed by atoms with E-state index in [0.29, 0.717) is 18.3 Å². The SMILES string of the molecule is CC#C[C@@]1(O)CC[C@H]2[C@@H]3CCC4=CC(=O)CCC4=C3[C@@H](c3ccc(C(C)=O)cc3)C[C@@]21C. The average Bonchev–Trinajstić information content (AvgIpc) is 3.03. The van der Waals surface area contributed by atoms with Crippen LogP contribution in [0.1, 0.15) is 87.6 Å². The van der Waals surface area contributed by atoms with Gasteiger partial charge in [-0.15, -0.1) is 5.92 Å². The third kappa shape index (κ3) is 3.07. The zero-order chi connectivity index (χ0) is 22.7. The molecule has 2 saturated carbocycles. The first kappa shape index (κ1) is 21.4. The number of Topliss-reactive ketones (excluding diaryl/α,β-unsaturated/α-hetero) is 1. The molecule has 0 amide bonds. The maximum atomic E-state index is 12.1. The Morgan fingerprint density at radius 1 is 1.12 bits per heavy atom. The molecule has 0 saturated heterocycles. The molecule has 0 bridgehead atoms. The van der Waals surface area contributed by atoms with Crippen LogP contribution in [0.2, 0.25) is 0 Å². The van der Waals surface area contributed by atoms with Crippen LogP contribution < -0.4 is 0 Å². The van der Waals surface area contributed by atoms with Gasteiger partial charge in [0.2, 0.25) is 0 Å². The Bertz CT molecular complexity index is 1110. The second kappa shape index (κ2) is 7.56. The van der Waals surface area contributed by atoms with Gasteiger partial charge >= 0.3 is 0 Å². The molecule has 5 rings (SSSR count). The lowest BCUT2D eigenvalue weighted by Gasteiger charge is -2.53. The highest BCUT2D eigenvalue weighted by molar-refractivity contribution is 5.94. The Morgan fingerprint density at radius 3 is 2.56 bits per heavy atom. The zero-order valence-electron chi connectivity index (χ0n) is 19.3. The van der Waals surface area contributed by atoms with Crippen LogP contribution in [0.4, 0.5) is 0 Å². The van der Waals surface area contributed by atoms with Crippen LogP contribution in [0.3, 0.4) is 0 Å². The van der Waals surface area contributed by atoms with Gasteiger partial charge in [-0.25, -0.2) is 0 Å². The van der Waals surface area contributed by atoms with E-state index < -0.39 is 5.60 Å². The minimum Gasteiger partial charge on any atom is -0.377 e. The maximum absolute atomic E-state index is 12.1. The number of ketones is 2. The molecule has 5 atom stereocenters. The van der Waals surface area contributed by atoms with E-state index in [2.05, 4.69) is 30.9 Å². The fourth-order valence-corrected chi connectivity index (χ4v) is 7.33. The monoisotopic (exact) mass is 428 g/mol. The maximum Gasteiger partial charge on any atom is 0.159 e. The predicted octanol–water partition coefficient (Wildman–Crippen LogP) is 5.54. The van der Waals surface area contributed by atoms with Gasteiger partial charge < -0.3 is 5.11 Å². The summed E-state index contributed by atoms with van der Waals surface area (Å²) in [6.45, 7) is 5.67. The molecule has 0 aromatic heterocycles. The van der Waals surface area contributed by atoms with Crippen molar-refractivity contribution in [1.82, 2.24) is 0 Å². The molecule has 4 aliphatic rings. The van der Waals surface area contributed by atoms with Crippen LogP contribution in [0.25, 0.3) is 0 Å². The molecule has 2 fully saturated rings. The number of fused-ring (bicyclic) bond motifs is 4. The standard InChI is InChI=1S/C29H32O3/c1-4-14-29(32)15-13-26-24-11-9-21-16-22(31)10-12-23(21)27(24)25(17-28(26,29)3)20-7-5-19(6-8-20)18(2)30/h5-8,16,24-26,32H,9-13,15,17H2,1-3H3/t24-,25+,26-,28-,29+/m0/s1. The Balaban J connectivity index is 1.68. The molecule has 0 aliphatic heterocycles. The molecule has 0 radical (unpaired) electrons. The number of carbonyl (C=O) groups is 2. The Morgan fingerprint density at radius 2 is 1.88 bits per heavy atom. The van der Waals surface area contributed by atoms with Crippen LogP contribution in [0, 0.1) is 29.1 Å². The summed E-state index contributed by atoms with van der Waals surface area (Å²) in [6, 6.07) is 8.06. The number of hydrogen-bond donors (Lipinski definition) is 1. The molecular weight excluding hydrogens is 396 g/mol. The minimum atomic E-state index is -0.959. The molecule has 1 aromatic carbocycles. The summed E-state index contributed by atoms with van der Waals surface area (Å²) >= 11 is 0. The molecule has 0 heterocycles. The number of aliphatic hydroxyl groups is 1. The van der Waals surface area contributed by atoms with Crippen molar-refractivity contribution >= 4 is 11.6 Å². The first-order valence-corrected chi connectivity index (χ1v) is 12.0. The quantitative estimate of drug-likeness (QED) is 0.497. The summed E-state index contributed by atoms with van der Waals surface area (Å²) in [5, 5.41) is 11.7. The van der Waals surface area contributed by atoms with E-state index in [1.54, 1.807) is 6.92 Å². The number of benzene rings is 1. The molecule has 1 N–H and O–H groups in total. The fourth-order valence-electron chi connectivity index (χ4n) is 7.33. The molecule has 0 spiro atoms. The average molecular weight is 429 g/mol. The van der Waals surface area contributed by atoms with Gasteiger partial charge in [0.05, 0.1) is 0 Å². The van der Waals surface area contributed by atoms with Crippen LogP contribution in [0.15, 0.2) is 47.1 Å². The van der Waals surface area contributed by atoms with Crippen molar-refractivity contribution in [3.63, 3.8) is 0 Å². The molecule has 0 unspecified atom stereocenters. The molecule has 3 nitrogen and oxygen atoms in total. The first-order chi connectivity index (χ1) is 15.3. The van der Waals surface area contributed by atoms with Gasteiger partial charge in [0, 0.05) is 23.3 Å². The van der Waals surface area contributed by atoms with Crippen molar-refractivity contribution in [3.05, 3.63) is 58.2 Å². The van der Waals surface area contributed by atoms with Crippen LogP contribution >= 0.6 is 0 Å². The highest BCUT2D eigenvalue weighted by atomic mass is 16.3. The second-order valence-electron chi connectivity index (χ2n) is 10.4. The lowest BCUT2D eigenvalue weighted by molar-refractivity contribution is -0.114. The van der Waals surface area contributed by atoms with Crippen molar-refractivity contribution in [3.8, 4) is 11.8 Å². The molecule has 166 valence electrons. The van der Waals surface area contributed by atoms with Crippen LogP contribution in [0.5, 0.6) is 0 Å². The van der Waals surface area contributed by atoms with Gasteiger partial charge in [0.1, 0.15) is 5.60 Å². The topological polar surface area (TPSA) is 54.4 Å². The second-order valence-corrected chi connectivity index (χ2v) is 10.4. The Kier molecular flexibility index (Phi) is 5.06. The van der Waals surface area contributed by atoms with E-state index in [0.717, 1.165) is 44.1 Å². The summed E-state index contributed by atoms with van der Waals surface area (Å²) in [4.78, 5) is 24.0. The third-order valence-electron chi connectivity index (χ3n) is 8.94. The Hall–Kier alpha value is -2.44. The lowest BCUT2D eigenvalue weighted by Crippen LogP contribution is -2.51. The Labute approximate surface area is 191 Å². The van der Waals surface area contributed by atoms with Crippen LogP contribution in [-0.2, 0) is 4.79 Å². The zero-order valence-corrected chi connectivity index (χ0v) is 19.3. The van der Waals surface area contributed by atoms with E-state index in [1.807, 2.05) is 25.1 Å². The number of rotatable bonds is 2. The normalized spacial score (nSPS) is 35.8. The van der Waals surface area contributed by atoms with E-state index in [1.165, 1.54) is 22.3 Å². The van der Waals surface area contributed by atoms with Crippen molar-refractivity contribution in [1.29, 1.82) is 0 Å². The molecule has 4 aliphatic carbocycles. The number of allylic oxidation sites excluding steroid dienone is 4. The minimum absolute atomic E-state index is 0.0733. The van der Waals surface area contributed by atoms with Gasteiger partial charge in [-0.1, -0.05) is 42.7 Å². The molecule has 3 heteroatoms. The summed E-state index contributed by atoms with van der Waals surface area (Å²) in [5.41, 5.74) is 4.84. The smallest absolute Gasteiger partial charge is 0.159 e. The number of carbonyl (C=O) groups excluding carboxylic acids is 2. The third-order valence-corrected chi connectivity index (χ3v) is 8.94. The largest absolute Gasteiger partial charge is 0.377 e. The van der Waals surface area contributed by atoms with Crippen LogP contribution in [-0.4, -0.2) is 22.3 Å². The summed E-state index contributed by atoms with van der Waals surface area (Å²) in [5.74, 6) is 7.53. The van der Waals surface area contributed by atoms with Crippen molar-refractivity contribution in [2.75, 3.05) is 0 Å². The van der Waals surface area contributed by atoms with Crippen molar-refractivity contribution in [2.45, 2.75) is 77.2 Å². The van der Waals surface area contributed by atoms with Crippen molar-refractivity contribution < 1.29 is 14.7 Å².